The third kappa shape index (κ3) is 2.66. The van der Waals surface area contributed by atoms with Crippen LogP contribution in [0.2, 0.25) is 0 Å². The molecule has 19 heavy (non-hydrogen) atoms. The maximum atomic E-state index is 6.15. The van der Waals surface area contributed by atoms with Gasteiger partial charge in [-0.05, 0) is 24.1 Å². The second kappa shape index (κ2) is 5.28. The zero-order valence-electron chi connectivity index (χ0n) is 11.0. The molecule has 104 valence electrons. The Morgan fingerprint density at radius 2 is 2.00 bits per heavy atom. The van der Waals surface area contributed by atoms with Crippen LogP contribution in [0.25, 0.3) is 0 Å². The quantitative estimate of drug-likeness (QED) is 0.615. The fraction of sp³-hybridized carbons (Fsp3) is 0.571. The molecule has 1 aromatic rings. The lowest BCUT2D eigenvalue weighted by Crippen LogP contribution is -2.45. The summed E-state index contributed by atoms with van der Waals surface area (Å²) in [6.07, 6.45) is 4.96. The number of fused-ring (bicyclic) bond motifs is 1. The SMILES string of the molecule is CC1(C2CCCC2)OCc2cc([SiH](Cl)Cl)ccc2O1. The Balaban J connectivity index is 1.84. The monoisotopic (exact) mass is 316 g/mol. The second-order valence-corrected chi connectivity index (χ2v) is 10.1. The van der Waals surface area contributed by atoms with Gasteiger partial charge in [0.2, 0.25) is 5.79 Å². The molecule has 1 fully saturated rings. The third-order valence-electron chi connectivity index (χ3n) is 4.26. The van der Waals surface area contributed by atoms with Crippen molar-refractivity contribution >= 4 is 34.8 Å². The molecule has 1 atom stereocenters. The molecule has 0 N–H and O–H groups in total. The number of rotatable bonds is 2. The highest BCUT2D eigenvalue weighted by atomic mass is 35.7. The fourth-order valence-corrected chi connectivity index (χ4v) is 4.45. The molecule has 1 aromatic carbocycles. The lowest BCUT2D eigenvalue weighted by molar-refractivity contribution is -0.224. The molecule has 0 spiro atoms. The molecular weight excluding hydrogens is 299 g/mol. The summed E-state index contributed by atoms with van der Waals surface area (Å²) in [5, 5.41) is 1.03. The molecule has 0 bridgehead atoms. The van der Waals surface area contributed by atoms with Crippen LogP contribution in [0.5, 0.6) is 5.75 Å². The van der Waals surface area contributed by atoms with Gasteiger partial charge >= 0.3 is 0 Å². The van der Waals surface area contributed by atoms with E-state index in [0.717, 1.165) is 16.5 Å². The first kappa shape index (κ1) is 13.7. The van der Waals surface area contributed by atoms with Gasteiger partial charge in [-0.2, -0.15) is 0 Å². The van der Waals surface area contributed by atoms with E-state index in [1.807, 2.05) is 18.2 Å². The highest BCUT2D eigenvalue weighted by Gasteiger charge is 2.42. The van der Waals surface area contributed by atoms with Crippen molar-refractivity contribution in [1.82, 2.24) is 0 Å². The van der Waals surface area contributed by atoms with Crippen molar-refractivity contribution in [2.24, 2.45) is 5.92 Å². The van der Waals surface area contributed by atoms with Crippen LogP contribution < -0.4 is 9.92 Å². The molecule has 2 nitrogen and oxygen atoms in total. The first-order valence-electron chi connectivity index (χ1n) is 6.82. The maximum Gasteiger partial charge on any atom is 0.266 e. The van der Waals surface area contributed by atoms with Gasteiger partial charge in [-0.15, -0.1) is 22.2 Å². The van der Waals surface area contributed by atoms with E-state index in [-0.39, 0.29) is 0 Å². The summed E-state index contributed by atoms with van der Waals surface area (Å²) in [6, 6.07) is 6.00. The van der Waals surface area contributed by atoms with Gasteiger partial charge in [0.05, 0.1) is 6.61 Å². The van der Waals surface area contributed by atoms with Gasteiger partial charge in [0.1, 0.15) is 5.75 Å². The highest BCUT2D eigenvalue weighted by Crippen LogP contribution is 2.41. The molecule has 2 aliphatic rings. The van der Waals surface area contributed by atoms with Crippen molar-refractivity contribution in [3.63, 3.8) is 0 Å². The number of halogens is 2. The molecule has 1 unspecified atom stereocenters. The summed E-state index contributed by atoms with van der Waals surface area (Å²) in [5.41, 5.74) is 1.06. The topological polar surface area (TPSA) is 18.5 Å². The lowest BCUT2D eigenvalue weighted by Gasteiger charge is -2.40. The molecule has 0 radical (unpaired) electrons. The minimum atomic E-state index is -1.80. The Morgan fingerprint density at radius 3 is 2.68 bits per heavy atom. The maximum absolute atomic E-state index is 6.15. The van der Waals surface area contributed by atoms with Crippen molar-refractivity contribution in [2.45, 2.75) is 45.0 Å². The van der Waals surface area contributed by atoms with E-state index in [9.17, 15) is 0 Å². The van der Waals surface area contributed by atoms with Gasteiger partial charge in [-0.25, -0.2) is 0 Å². The number of hydrogen-bond acceptors (Lipinski definition) is 2. The molecule has 3 rings (SSSR count). The van der Waals surface area contributed by atoms with Gasteiger partial charge in [-0.3, -0.25) is 0 Å². The van der Waals surface area contributed by atoms with Gasteiger partial charge in [0.15, 0.2) is 0 Å². The fourth-order valence-electron chi connectivity index (χ4n) is 3.07. The smallest absolute Gasteiger partial charge is 0.266 e. The van der Waals surface area contributed by atoms with E-state index in [1.54, 1.807) is 0 Å². The molecule has 1 saturated carbocycles. The van der Waals surface area contributed by atoms with Crippen LogP contribution in [0, 0.1) is 5.92 Å². The van der Waals surface area contributed by atoms with Crippen molar-refractivity contribution < 1.29 is 9.47 Å². The largest absolute Gasteiger partial charge is 0.462 e. The first-order valence-corrected chi connectivity index (χ1v) is 10.9. The summed E-state index contributed by atoms with van der Waals surface area (Å²) in [7, 11) is -1.80. The van der Waals surface area contributed by atoms with Crippen molar-refractivity contribution in [3.8, 4) is 5.75 Å². The molecule has 5 heteroatoms. The molecular formula is C14H18Cl2O2Si. The van der Waals surface area contributed by atoms with Crippen molar-refractivity contribution in [2.75, 3.05) is 0 Å². The highest BCUT2D eigenvalue weighted by molar-refractivity contribution is 7.39. The Bertz CT molecular complexity index is 475. The van der Waals surface area contributed by atoms with Crippen molar-refractivity contribution in [1.29, 1.82) is 0 Å². The summed E-state index contributed by atoms with van der Waals surface area (Å²) in [4.78, 5) is 0. The molecule has 1 aliphatic heterocycles. The second-order valence-electron chi connectivity index (χ2n) is 5.56. The molecule has 1 aliphatic carbocycles. The van der Waals surface area contributed by atoms with Crippen LogP contribution in [0.15, 0.2) is 18.2 Å². The van der Waals surface area contributed by atoms with E-state index in [2.05, 4.69) is 6.92 Å². The number of benzene rings is 1. The van der Waals surface area contributed by atoms with Crippen molar-refractivity contribution in [3.05, 3.63) is 23.8 Å². The van der Waals surface area contributed by atoms with E-state index >= 15 is 0 Å². The Hall–Kier alpha value is -0.223. The average Bonchev–Trinajstić information content (AvgIpc) is 2.92. The standard InChI is InChI=1S/C14H18Cl2O2Si/c1-14(11-4-2-3-5-11)17-9-10-8-12(19(15)16)6-7-13(10)18-14/h6-8,11,19H,2-5,9H2,1H3. The van der Waals surface area contributed by atoms with E-state index in [1.165, 1.54) is 25.7 Å². The van der Waals surface area contributed by atoms with E-state index in [4.69, 9.17) is 31.6 Å². The van der Waals surface area contributed by atoms with Gasteiger partial charge in [0.25, 0.3) is 7.42 Å². The Kier molecular flexibility index (Phi) is 3.82. The van der Waals surface area contributed by atoms with Gasteiger partial charge in [0, 0.05) is 18.4 Å². The van der Waals surface area contributed by atoms with E-state index in [0.29, 0.717) is 12.5 Å². The van der Waals surface area contributed by atoms with Crippen LogP contribution in [0.1, 0.15) is 38.2 Å². The van der Waals surface area contributed by atoms with Gasteiger partial charge < -0.3 is 9.47 Å². The summed E-state index contributed by atoms with van der Waals surface area (Å²) in [5.74, 6) is 0.958. The first-order chi connectivity index (χ1) is 9.08. The average molecular weight is 317 g/mol. The summed E-state index contributed by atoms with van der Waals surface area (Å²) < 4.78 is 12.2. The molecule has 1 heterocycles. The zero-order valence-corrected chi connectivity index (χ0v) is 13.7. The normalized spacial score (nSPS) is 27.4. The van der Waals surface area contributed by atoms with Crippen LogP contribution in [-0.4, -0.2) is 13.2 Å². The minimum Gasteiger partial charge on any atom is -0.462 e. The molecule has 0 amide bonds. The summed E-state index contributed by atoms with van der Waals surface area (Å²) in [6.45, 7) is 2.66. The Labute approximate surface area is 125 Å². The molecule has 0 aromatic heterocycles. The summed E-state index contributed by atoms with van der Waals surface area (Å²) >= 11 is 12.1. The Morgan fingerprint density at radius 1 is 1.26 bits per heavy atom. The third-order valence-corrected chi connectivity index (χ3v) is 6.64. The lowest BCUT2D eigenvalue weighted by atomic mass is 9.97. The van der Waals surface area contributed by atoms with Crippen LogP contribution in [0.4, 0.5) is 0 Å². The minimum absolute atomic E-state index is 0.468. The molecule has 0 saturated heterocycles. The van der Waals surface area contributed by atoms with Crippen LogP contribution >= 0.6 is 22.2 Å². The predicted octanol–water partition coefficient (Wildman–Crippen LogP) is 3.41. The predicted molar refractivity (Wildman–Crippen MR) is 80.7 cm³/mol. The van der Waals surface area contributed by atoms with E-state index < -0.39 is 13.2 Å². The number of ether oxygens (including phenoxy) is 2. The van der Waals surface area contributed by atoms with Crippen LogP contribution in [0.3, 0.4) is 0 Å². The van der Waals surface area contributed by atoms with Crippen LogP contribution in [-0.2, 0) is 11.3 Å². The zero-order chi connectivity index (χ0) is 13.5. The van der Waals surface area contributed by atoms with Gasteiger partial charge in [-0.1, -0.05) is 25.0 Å². The number of hydrogen-bond donors (Lipinski definition) is 0.